The number of benzene rings is 2. The highest BCUT2D eigenvalue weighted by atomic mass is 16.5. The van der Waals surface area contributed by atoms with E-state index in [2.05, 4.69) is 24.4 Å². The maximum Gasteiger partial charge on any atom is 0.256 e. The van der Waals surface area contributed by atoms with Gasteiger partial charge in [-0.2, -0.15) is 0 Å². The van der Waals surface area contributed by atoms with Crippen LogP contribution < -0.4 is 5.32 Å². The first kappa shape index (κ1) is 17.4. The molecule has 3 heteroatoms. The van der Waals surface area contributed by atoms with Crippen LogP contribution in [0.5, 0.6) is 0 Å². The number of ether oxygens (including phenoxy) is 1. The highest BCUT2D eigenvalue weighted by Gasteiger charge is 2.40. The molecule has 1 amide bonds. The van der Waals surface area contributed by atoms with E-state index in [4.69, 9.17) is 4.74 Å². The van der Waals surface area contributed by atoms with E-state index in [1.165, 1.54) is 0 Å². The zero-order valence-electron chi connectivity index (χ0n) is 14.9. The van der Waals surface area contributed by atoms with Crippen LogP contribution in [0.4, 0.5) is 0 Å². The molecule has 0 aliphatic heterocycles. The fourth-order valence-corrected chi connectivity index (χ4v) is 2.98. The van der Waals surface area contributed by atoms with Gasteiger partial charge in [-0.1, -0.05) is 67.6 Å². The molecular formula is C22H25NO2. The van der Waals surface area contributed by atoms with Crippen molar-refractivity contribution < 1.29 is 9.53 Å². The molecule has 2 atom stereocenters. The average molecular weight is 335 g/mol. The quantitative estimate of drug-likeness (QED) is 0.862. The van der Waals surface area contributed by atoms with E-state index in [-0.39, 0.29) is 11.9 Å². The van der Waals surface area contributed by atoms with Gasteiger partial charge in [0.05, 0.1) is 6.61 Å². The molecule has 0 radical (unpaired) electrons. The number of nitrogens with one attached hydrogen (secondary N) is 1. The van der Waals surface area contributed by atoms with Crippen molar-refractivity contribution >= 4 is 12.0 Å². The Morgan fingerprint density at radius 1 is 1.16 bits per heavy atom. The maximum atomic E-state index is 13.0. The van der Waals surface area contributed by atoms with Crippen molar-refractivity contribution in [2.75, 3.05) is 0 Å². The first-order chi connectivity index (χ1) is 12.1. The largest absolute Gasteiger partial charge is 0.356 e. The van der Waals surface area contributed by atoms with Gasteiger partial charge < -0.3 is 10.1 Å². The molecule has 0 spiro atoms. The van der Waals surface area contributed by atoms with Crippen LogP contribution in [0, 0.1) is 0 Å². The molecule has 130 valence electrons. The summed E-state index contributed by atoms with van der Waals surface area (Å²) >= 11 is 0. The summed E-state index contributed by atoms with van der Waals surface area (Å²) in [5, 5.41) is 3.09. The Balaban J connectivity index is 1.86. The first-order valence-corrected chi connectivity index (χ1v) is 8.89. The monoisotopic (exact) mass is 335 g/mol. The number of hydrogen-bond acceptors (Lipinski definition) is 2. The predicted molar refractivity (Wildman–Crippen MR) is 101 cm³/mol. The molecule has 0 aromatic heterocycles. The lowest BCUT2D eigenvalue weighted by Gasteiger charge is -2.34. The molecule has 0 bridgehead atoms. The number of hydrogen-bond donors (Lipinski definition) is 1. The highest BCUT2D eigenvalue weighted by molar-refractivity contribution is 5.90. The van der Waals surface area contributed by atoms with Crippen molar-refractivity contribution in [1.29, 1.82) is 0 Å². The van der Waals surface area contributed by atoms with Crippen molar-refractivity contribution in [2.24, 2.45) is 0 Å². The SMILES string of the molecule is CCC(C)NC(=O)C1(OCc2ccccc2)C=Cc2ccccc2C1. The number of carbonyl (C=O) groups is 1. The van der Waals surface area contributed by atoms with Gasteiger partial charge in [0.2, 0.25) is 0 Å². The van der Waals surface area contributed by atoms with Crippen LogP contribution >= 0.6 is 0 Å². The maximum absolute atomic E-state index is 13.0. The minimum Gasteiger partial charge on any atom is -0.356 e. The average Bonchev–Trinajstić information content (AvgIpc) is 2.66. The second-order valence-corrected chi connectivity index (χ2v) is 6.66. The molecule has 2 aromatic carbocycles. The molecular weight excluding hydrogens is 310 g/mol. The van der Waals surface area contributed by atoms with Crippen molar-refractivity contribution in [2.45, 2.75) is 44.9 Å². The summed E-state index contributed by atoms with van der Waals surface area (Å²) in [5.41, 5.74) is 2.38. The molecule has 2 aromatic rings. The Morgan fingerprint density at radius 3 is 2.64 bits per heavy atom. The Kier molecular flexibility index (Phi) is 5.34. The van der Waals surface area contributed by atoms with Gasteiger partial charge in [-0.25, -0.2) is 0 Å². The number of carbonyl (C=O) groups excluding carboxylic acids is 1. The van der Waals surface area contributed by atoms with Gasteiger partial charge in [-0.3, -0.25) is 4.79 Å². The van der Waals surface area contributed by atoms with Gasteiger partial charge in [0.15, 0.2) is 5.60 Å². The van der Waals surface area contributed by atoms with E-state index in [1.807, 2.05) is 61.5 Å². The summed E-state index contributed by atoms with van der Waals surface area (Å²) in [5.74, 6) is -0.0662. The van der Waals surface area contributed by atoms with Gasteiger partial charge >= 0.3 is 0 Å². The zero-order valence-corrected chi connectivity index (χ0v) is 14.9. The molecule has 2 unspecified atom stereocenters. The molecule has 3 rings (SSSR count). The lowest BCUT2D eigenvalue weighted by atomic mass is 9.85. The van der Waals surface area contributed by atoms with Crippen LogP contribution in [0.2, 0.25) is 0 Å². The van der Waals surface area contributed by atoms with Crippen molar-refractivity contribution in [3.63, 3.8) is 0 Å². The zero-order chi connectivity index (χ0) is 17.7. The third-order valence-corrected chi connectivity index (χ3v) is 4.75. The summed E-state index contributed by atoms with van der Waals surface area (Å²) in [6.07, 6.45) is 5.35. The topological polar surface area (TPSA) is 38.3 Å². The van der Waals surface area contributed by atoms with Gasteiger partial charge in [0, 0.05) is 12.5 Å². The van der Waals surface area contributed by atoms with Gasteiger partial charge in [-0.05, 0) is 36.1 Å². The summed E-state index contributed by atoms with van der Waals surface area (Å²) in [6, 6.07) is 18.2. The van der Waals surface area contributed by atoms with Gasteiger partial charge in [-0.15, -0.1) is 0 Å². The van der Waals surface area contributed by atoms with Gasteiger partial charge in [0.25, 0.3) is 5.91 Å². The third-order valence-electron chi connectivity index (χ3n) is 4.75. The molecule has 1 N–H and O–H groups in total. The van der Waals surface area contributed by atoms with E-state index in [1.54, 1.807) is 0 Å². The number of fused-ring (bicyclic) bond motifs is 1. The number of rotatable bonds is 6. The fraction of sp³-hybridized carbons (Fsp3) is 0.318. The molecule has 25 heavy (non-hydrogen) atoms. The molecule has 0 heterocycles. The standard InChI is InChI=1S/C22H25NO2/c1-3-17(2)23-21(24)22(25-16-18-9-5-4-6-10-18)14-13-19-11-7-8-12-20(19)15-22/h4-14,17H,3,15-16H2,1-2H3,(H,23,24). The van der Waals surface area contributed by atoms with E-state index in [9.17, 15) is 4.79 Å². The molecule has 0 fully saturated rings. The lowest BCUT2D eigenvalue weighted by Crippen LogP contribution is -2.52. The van der Waals surface area contributed by atoms with Crippen LogP contribution in [0.25, 0.3) is 6.08 Å². The Labute approximate surface area is 149 Å². The van der Waals surface area contributed by atoms with E-state index in [0.717, 1.165) is 23.1 Å². The lowest BCUT2D eigenvalue weighted by molar-refractivity contribution is -0.143. The van der Waals surface area contributed by atoms with E-state index in [0.29, 0.717) is 13.0 Å². The molecule has 1 aliphatic carbocycles. The smallest absolute Gasteiger partial charge is 0.256 e. The second-order valence-electron chi connectivity index (χ2n) is 6.66. The van der Waals surface area contributed by atoms with Crippen LogP contribution in [-0.4, -0.2) is 17.6 Å². The van der Waals surface area contributed by atoms with Gasteiger partial charge in [0.1, 0.15) is 0 Å². The predicted octanol–water partition coefficient (Wildman–Crippen LogP) is 4.13. The van der Waals surface area contributed by atoms with Crippen LogP contribution in [0.15, 0.2) is 60.7 Å². The highest BCUT2D eigenvalue weighted by Crippen LogP contribution is 2.30. The van der Waals surface area contributed by atoms with Crippen molar-refractivity contribution in [3.8, 4) is 0 Å². The summed E-state index contributed by atoms with van der Waals surface area (Å²) < 4.78 is 6.22. The fourth-order valence-electron chi connectivity index (χ4n) is 2.98. The van der Waals surface area contributed by atoms with Crippen molar-refractivity contribution in [1.82, 2.24) is 5.32 Å². The second kappa shape index (κ2) is 7.66. The molecule has 1 aliphatic rings. The molecule has 3 nitrogen and oxygen atoms in total. The Hall–Kier alpha value is -2.39. The first-order valence-electron chi connectivity index (χ1n) is 8.89. The van der Waals surface area contributed by atoms with Crippen molar-refractivity contribution in [3.05, 3.63) is 77.4 Å². The third kappa shape index (κ3) is 3.99. The Morgan fingerprint density at radius 2 is 1.88 bits per heavy atom. The minimum atomic E-state index is -0.965. The molecule has 0 saturated heterocycles. The summed E-state index contributed by atoms with van der Waals surface area (Å²) in [7, 11) is 0. The van der Waals surface area contributed by atoms with Crippen LogP contribution in [0.3, 0.4) is 0 Å². The van der Waals surface area contributed by atoms with E-state index < -0.39 is 5.60 Å². The Bertz CT molecular complexity index is 754. The normalized spacial score (nSPS) is 19.9. The van der Waals surface area contributed by atoms with Crippen LogP contribution in [-0.2, 0) is 22.6 Å². The van der Waals surface area contributed by atoms with E-state index >= 15 is 0 Å². The number of amides is 1. The minimum absolute atomic E-state index is 0.0662. The van der Waals surface area contributed by atoms with Crippen LogP contribution in [0.1, 0.15) is 37.0 Å². The summed E-state index contributed by atoms with van der Waals surface area (Å²) in [6.45, 7) is 4.49. The summed E-state index contributed by atoms with van der Waals surface area (Å²) in [4.78, 5) is 13.0. The molecule has 0 saturated carbocycles.